The smallest absolute Gasteiger partial charge is 0.411 e. The highest BCUT2D eigenvalue weighted by molar-refractivity contribution is 6.34. The number of carbonyl (C=O) groups excluding carboxylic acids is 1. The van der Waals surface area contributed by atoms with Crippen molar-refractivity contribution in [3.63, 3.8) is 0 Å². The lowest BCUT2D eigenvalue weighted by Gasteiger charge is -2.29. The second-order valence-electron chi connectivity index (χ2n) is 6.66. The van der Waals surface area contributed by atoms with Crippen molar-refractivity contribution in [1.29, 1.82) is 0 Å². The van der Waals surface area contributed by atoms with E-state index in [1.54, 1.807) is 0 Å². The van der Waals surface area contributed by atoms with Gasteiger partial charge in [-0.15, -0.1) is 0 Å². The number of allylic oxidation sites excluding steroid dienone is 5. The zero-order valence-electron chi connectivity index (χ0n) is 16.7. The van der Waals surface area contributed by atoms with Crippen molar-refractivity contribution in [2.45, 2.75) is 38.1 Å². The van der Waals surface area contributed by atoms with Gasteiger partial charge in [0, 0.05) is 11.2 Å². The molecule has 170 valence electrons. The molecule has 0 spiro atoms. The SMILES string of the molecule is COC(=O)c1c(/C(C)=C(Cl)/C=C\C=C\F)noc1C1C=NN(CC(C)O)C1C(F)(F)F. The van der Waals surface area contributed by atoms with Gasteiger partial charge in [-0.25, -0.2) is 9.18 Å². The van der Waals surface area contributed by atoms with Crippen LogP contribution < -0.4 is 0 Å². The molecule has 0 aromatic carbocycles. The minimum atomic E-state index is -4.76. The third kappa shape index (κ3) is 5.53. The number of esters is 1. The molecule has 2 heterocycles. The van der Waals surface area contributed by atoms with Crippen LogP contribution in [0.25, 0.3) is 5.57 Å². The third-order valence-electron chi connectivity index (χ3n) is 4.37. The van der Waals surface area contributed by atoms with E-state index >= 15 is 0 Å². The summed E-state index contributed by atoms with van der Waals surface area (Å²) >= 11 is 6.13. The molecule has 0 aliphatic carbocycles. The number of halogens is 5. The lowest BCUT2D eigenvalue weighted by atomic mass is 9.93. The van der Waals surface area contributed by atoms with E-state index in [1.807, 2.05) is 0 Å². The Labute approximate surface area is 180 Å². The average Bonchev–Trinajstić information content (AvgIpc) is 3.30. The summed E-state index contributed by atoms with van der Waals surface area (Å²) in [6, 6.07) is -2.19. The lowest BCUT2D eigenvalue weighted by Crippen LogP contribution is -2.46. The van der Waals surface area contributed by atoms with Gasteiger partial charge in [0.1, 0.15) is 11.3 Å². The summed E-state index contributed by atoms with van der Waals surface area (Å²) in [4.78, 5) is 12.4. The van der Waals surface area contributed by atoms with Crippen LogP contribution in [0.15, 0.2) is 39.2 Å². The normalized spacial score (nSPS) is 21.3. The number of hydrogen-bond donors (Lipinski definition) is 1. The Balaban J connectivity index is 2.58. The van der Waals surface area contributed by atoms with E-state index in [-0.39, 0.29) is 34.7 Å². The molecule has 1 aliphatic heterocycles. The number of ether oxygens (including phenoxy) is 1. The summed E-state index contributed by atoms with van der Waals surface area (Å²) in [6.45, 7) is 2.40. The van der Waals surface area contributed by atoms with Gasteiger partial charge in [0.05, 0.1) is 32.0 Å². The summed E-state index contributed by atoms with van der Waals surface area (Å²) in [5.74, 6) is -2.91. The molecule has 12 heteroatoms. The third-order valence-corrected chi connectivity index (χ3v) is 4.78. The fourth-order valence-corrected chi connectivity index (χ4v) is 3.18. The maximum Gasteiger partial charge on any atom is 0.411 e. The van der Waals surface area contributed by atoms with Crippen molar-refractivity contribution in [2.24, 2.45) is 5.10 Å². The molecule has 0 radical (unpaired) electrons. The topological polar surface area (TPSA) is 88.2 Å². The number of hydrogen-bond acceptors (Lipinski definition) is 7. The number of hydrazone groups is 1. The Bertz CT molecular complexity index is 922. The van der Waals surface area contributed by atoms with Gasteiger partial charge >= 0.3 is 12.1 Å². The summed E-state index contributed by atoms with van der Waals surface area (Å²) in [5, 5.41) is 17.7. The highest BCUT2D eigenvalue weighted by Gasteiger charge is 2.53. The van der Waals surface area contributed by atoms with Crippen LogP contribution in [0.1, 0.15) is 41.6 Å². The fraction of sp³-hybridized carbons (Fsp3) is 0.421. The van der Waals surface area contributed by atoms with Gasteiger partial charge in [0.15, 0.2) is 11.8 Å². The molecule has 1 aliphatic rings. The quantitative estimate of drug-likeness (QED) is 0.369. The van der Waals surface area contributed by atoms with E-state index in [9.17, 15) is 27.5 Å². The first-order valence-corrected chi connectivity index (χ1v) is 9.34. The van der Waals surface area contributed by atoms with Crippen molar-refractivity contribution >= 4 is 29.4 Å². The molecule has 1 aromatic rings. The molecule has 0 saturated carbocycles. The van der Waals surface area contributed by atoms with E-state index < -0.39 is 36.0 Å². The molecule has 0 amide bonds. The molecular weight excluding hydrogens is 446 g/mol. The van der Waals surface area contributed by atoms with E-state index in [0.29, 0.717) is 5.01 Å². The molecule has 0 fully saturated rings. The van der Waals surface area contributed by atoms with Crippen LogP contribution in [0.5, 0.6) is 0 Å². The number of nitrogens with zero attached hydrogens (tertiary/aromatic N) is 3. The fourth-order valence-electron chi connectivity index (χ4n) is 3.02. The van der Waals surface area contributed by atoms with Crippen LogP contribution in [0.4, 0.5) is 17.6 Å². The average molecular weight is 466 g/mol. The van der Waals surface area contributed by atoms with Crippen molar-refractivity contribution in [3.05, 3.63) is 46.6 Å². The number of methoxy groups -OCH3 is 1. The Kier molecular flexibility index (Phi) is 8.02. The molecule has 1 aromatic heterocycles. The first-order chi connectivity index (χ1) is 14.5. The number of alkyl halides is 3. The number of aliphatic hydroxyl groups excluding tert-OH is 1. The molecular formula is C19H20ClF4N3O4. The Morgan fingerprint density at radius 2 is 2.13 bits per heavy atom. The molecule has 0 saturated heterocycles. The molecule has 31 heavy (non-hydrogen) atoms. The van der Waals surface area contributed by atoms with Crippen molar-refractivity contribution < 1.29 is 36.7 Å². The minimum absolute atomic E-state index is 0.0475. The summed E-state index contributed by atoms with van der Waals surface area (Å²) < 4.78 is 63.4. The van der Waals surface area contributed by atoms with Crippen LogP contribution in [0.2, 0.25) is 0 Å². The van der Waals surface area contributed by atoms with Crippen LogP contribution in [-0.2, 0) is 4.74 Å². The van der Waals surface area contributed by atoms with Crippen molar-refractivity contribution in [3.8, 4) is 0 Å². The zero-order chi connectivity index (χ0) is 23.3. The van der Waals surface area contributed by atoms with Crippen LogP contribution in [0.3, 0.4) is 0 Å². The summed E-state index contributed by atoms with van der Waals surface area (Å²) in [7, 11) is 1.05. The molecule has 3 unspecified atom stereocenters. The maximum absolute atomic E-state index is 13.8. The van der Waals surface area contributed by atoms with Gasteiger partial charge in [0.25, 0.3) is 0 Å². The number of β-amino-alcohol motifs (C(OH)–C–C–N with tert-alkyl or cyclic N) is 1. The van der Waals surface area contributed by atoms with E-state index in [4.69, 9.17) is 20.9 Å². The predicted molar refractivity (Wildman–Crippen MR) is 105 cm³/mol. The Hall–Kier alpha value is -2.66. The number of aromatic nitrogens is 1. The second kappa shape index (κ2) is 10.1. The van der Waals surface area contributed by atoms with E-state index in [0.717, 1.165) is 19.4 Å². The molecule has 1 N–H and O–H groups in total. The van der Waals surface area contributed by atoms with Crippen LogP contribution >= 0.6 is 11.6 Å². The molecule has 2 rings (SSSR count). The first-order valence-electron chi connectivity index (χ1n) is 8.96. The van der Waals surface area contributed by atoms with Gasteiger partial charge in [-0.1, -0.05) is 22.8 Å². The second-order valence-corrected chi connectivity index (χ2v) is 7.07. The monoisotopic (exact) mass is 465 g/mol. The van der Waals surface area contributed by atoms with Crippen LogP contribution in [-0.4, -0.2) is 59.4 Å². The van der Waals surface area contributed by atoms with Gasteiger partial charge in [0.2, 0.25) is 0 Å². The van der Waals surface area contributed by atoms with E-state index in [1.165, 1.54) is 26.0 Å². The van der Waals surface area contributed by atoms with Crippen molar-refractivity contribution in [2.75, 3.05) is 13.7 Å². The standard InChI is InChI=1S/C19H20ClF4N3O4/c1-10(28)9-27-17(19(22,23)24)12(8-25-27)16-14(18(29)30-3)15(26-31-16)11(2)13(20)6-4-5-7-21/h4-8,10,12,17,28H,9H2,1-3H3/b6-4-,7-5+,13-11-. The highest BCUT2D eigenvalue weighted by atomic mass is 35.5. The largest absolute Gasteiger partial charge is 0.465 e. The minimum Gasteiger partial charge on any atom is -0.465 e. The van der Waals surface area contributed by atoms with Crippen LogP contribution in [0, 0.1) is 0 Å². The van der Waals surface area contributed by atoms with E-state index in [2.05, 4.69) is 10.3 Å². The highest BCUT2D eigenvalue weighted by Crippen LogP contribution is 2.41. The Morgan fingerprint density at radius 1 is 1.45 bits per heavy atom. The summed E-state index contributed by atoms with van der Waals surface area (Å²) in [5.41, 5.74) is -0.263. The lowest BCUT2D eigenvalue weighted by molar-refractivity contribution is -0.185. The zero-order valence-corrected chi connectivity index (χ0v) is 17.5. The molecule has 3 atom stereocenters. The van der Waals surface area contributed by atoms with Gasteiger partial charge in [-0.3, -0.25) is 5.01 Å². The first kappa shape index (κ1) is 24.6. The predicted octanol–water partition coefficient (Wildman–Crippen LogP) is 4.17. The van der Waals surface area contributed by atoms with Gasteiger partial charge in [-0.2, -0.15) is 18.3 Å². The van der Waals surface area contributed by atoms with Gasteiger partial charge in [-0.05, 0) is 31.6 Å². The Morgan fingerprint density at radius 3 is 2.68 bits per heavy atom. The van der Waals surface area contributed by atoms with Crippen molar-refractivity contribution in [1.82, 2.24) is 10.2 Å². The number of rotatable bonds is 7. The molecule has 0 bridgehead atoms. The number of carbonyl (C=O) groups is 1. The maximum atomic E-state index is 13.8. The molecule has 7 nitrogen and oxygen atoms in total. The van der Waals surface area contributed by atoms with Gasteiger partial charge < -0.3 is 14.4 Å². The summed E-state index contributed by atoms with van der Waals surface area (Å²) in [6.07, 6.45) is -0.945. The number of aliphatic hydroxyl groups is 1.